The van der Waals surface area contributed by atoms with Gasteiger partial charge in [-0.05, 0) is 67.9 Å². The molecule has 180 valence electrons. The van der Waals surface area contributed by atoms with Gasteiger partial charge in [0.05, 0.1) is 34.4 Å². The number of hydrogen-bond acceptors (Lipinski definition) is 4. The Morgan fingerprint density at radius 1 is 1.06 bits per heavy atom. The molecule has 0 atom stereocenters. The smallest absolute Gasteiger partial charge is 0.416 e. The molecule has 9 heteroatoms. The first-order valence-corrected chi connectivity index (χ1v) is 10.9. The van der Waals surface area contributed by atoms with E-state index in [4.69, 9.17) is 4.74 Å². The molecule has 1 aromatic heterocycles. The maximum Gasteiger partial charge on any atom is 0.416 e. The second kappa shape index (κ2) is 9.61. The fraction of sp³-hybridized carbons (Fsp3) is 0.192. The number of carbonyl (C=O) groups excluding carboxylic acids is 1. The van der Waals surface area contributed by atoms with Crippen molar-refractivity contribution < 1.29 is 22.7 Å². The molecule has 4 aromatic rings. The fourth-order valence-corrected chi connectivity index (χ4v) is 3.65. The molecule has 0 fully saturated rings. The van der Waals surface area contributed by atoms with Crippen molar-refractivity contribution in [2.75, 3.05) is 11.9 Å². The number of aromatic nitrogens is 2. The molecule has 0 unspecified atom stereocenters. The van der Waals surface area contributed by atoms with Crippen molar-refractivity contribution >= 4 is 22.5 Å². The number of halogens is 3. The molecule has 0 saturated heterocycles. The molecule has 1 N–H and O–H groups in total. The SMILES string of the molecule is CCCOc1ccc(C(F)(F)F)cc1NC(=O)c1ccc(-n2c(C)nc3ccccc3c2=O)cc1. The Morgan fingerprint density at radius 3 is 2.46 bits per heavy atom. The highest BCUT2D eigenvalue weighted by Gasteiger charge is 2.31. The number of amides is 1. The van der Waals surface area contributed by atoms with Gasteiger partial charge in [0.15, 0.2) is 0 Å². The summed E-state index contributed by atoms with van der Waals surface area (Å²) in [7, 11) is 0. The maximum atomic E-state index is 13.2. The molecule has 4 rings (SSSR count). The number of ether oxygens (including phenoxy) is 1. The van der Waals surface area contributed by atoms with Crippen LogP contribution in [0.2, 0.25) is 0 Å². The Balaban J connectivity index is 1.63. The van der Waals surface area contributed by atoms with E-state index < -0.39 is 17.6 Å². The third-order valence-electron chi connectivity index (χ3n) is 5.35. The van der Waals surface area contributed by atoms with Crippen LogP contribution in [0.5, 0.6) is 5.75 Å². The molecular weight excluding hydrogens is 459 g/mol. The van der Waals surface area contributed by atoms with Gasteiger partial charge in [0.25, 0.3) is 11.5 Å². The van der Waals surface area contributed by atoms with Crippen molar-refractivity contribution in [3.8, 4) is 11.4 Å². The van der Waals surface area contributed by atoms with E-state index in [-0.39, 0.29) is 29.2 Å². The molecule has 0 saturated carbocycles. The van der Waals surface area contributed by atoms with Gasteiger partial charge >= 0.3 is 6.18 Å². The van der Waals surface area contributed by atoms with Crippen molar-refractivity contribution in [3.05, 3.63) is 94.0 Å². The van der Waals surface area contributed by atoms with Crippen LogP contribution >= 0.6 is 0 Å². The first kappa shape index (κ1) is 24.0. The second-order valence-electron chi connectivity index (χ2n) is 7.87. The van der Waals surface area contributed by atoms with Crippen molar-refractivity contribution in [3.63, 3.8) is 0 Å². The maximum absolute atomic E-state index is 13.2. The molecule has 0 radical (unpaired) electrons. The van der Waals surface area contributed by atoms with Crippen LogP contribution in [-0.2, 0) is 6.18 Å². The first-order valence-electron chi connectivity index (χ1n) is 10.9. The van der Waals surface area contributed by atoms with Crippen molar-refractivity contribution in [2.24, 2.45) is 0 Å². The van der Waals surface area contributed by atoms with Gasteiger partial charge in [-0.25, -0.2) is 4.98 Å². The van der Waals surface area contributed by atoms with Gasteiger partial charge < -0.3 is 10.1 Å². The molecule has 35 heavy (non-hydrogen) atoms. The number of benzene rings is 3. The normalized spacial score (nSPS) is 11.5. The summed E-state index contributed by atoms with van der Waals surface area (Å²) in [6, 6.07) is 16.1. The van der Waals surface area contributed by atoms with Gasteiger partial charge in [0.1, 0.15) is 11.6 Å². The van der Waals surface area contributed by atoms with Crippen LogP contribution in [0.3, 0.4) is 0 Å². The number of aryl methyl sites for hydroxylation is 1. The minimum absolute atomic E-state index is 0.0758. The van der Waals surface area contributed by atoms with Crippen LogP contribution in [0.25, 0.3) is 16.6 Å². The average molecular weight is 481 g/mol. The molecular formula is C26H22F3N3O3. The van der Waals surface area contributed by atoms with E-state index in [2.05, 4.69) is 10.3 Å². The monoisotopic (exact) mass is 481 g/mol. The van der Waals surface area contributed by atoms with Gasteiger partial charge in [-0.1, -0.05) is 19.1 Å². The summed E-state index contributed by atoms with van der Waals surface area (Å²) in [6.07, 6.45) is -3.91. The Hall–Kier alpha value is -4.14. The number of rotatable bonds is 6. The van der Waals surface area contributed by atoms with Gasteiger partial charge in [-0.15, -0.1) is 0 Å². The van der Waals surface area contributed by atoms with E-state index in [0.29, 0.717) is 28.8 Å². The molecule has 0 aliphatic rings. The highest BCUT2D eigenvalue weighted by atomic mass is 19.4. The molecule has 1 heterocycles. The summed E-state index contributed by atoms with van der Waals surface area (Å²) in [5.41, 5.74) is 0.0793. The minimum atomic E-state index is -4.57. The van der Waals surface area contributed by atoms with E-state index >= 15 is 0 Å². The Labute approximate surface area is 199 Å². The Morgan fingerprint density at radius 2 is 1.77 bits per heavy atom. The van der Waals surface area contributed by atoms with Gasteiger partial charge in [-0.3, -0.25) is 14.2 Å². The summed E-state index contributed by atoms with van der Waals surface area (Å²) in [5, 5.41) is 2.97. The molecule has 3 aromatic carbocycles. The lowest BCUT2D eigenvalue weighted by Crippen LogP contribution is -2.22. The zero-order chi connectivity index (χ0) is 25.2. The predicted molar refractivity (Wildman–Crippen MR) is 127 cm³/mol. The van der Waals surface area contributed by atoms with Gasteiger partial charge in [0.2, 0.25) is 0 Å². The van der Waals surface area contributed by atoms with Crippen molar-refractivity contribution in [2.45, 2.75) is 26.4 Å². The first-order chi connectivity index (χ1) is 16.7. The van der Waals surface area contributed by atoms with E-state index in [1.807, 2.05) is 6.92 Å². The molecule has 0 aliphatic heterocycles. The number of nitrogens with one attached hydrogen (secondary N) is 1. The van der Waals surface area contributed by atoms with E-state index in [1.165, 1.54) is 22.8 Å². The summed E-state index contributed by atoms with van der Waals surface area (Å²) >= 11 is 0. The van der Waals surface area contributed by atoms with E-state index in [0.717, 1.165) is 12.1 Å². The number of fused-ring (bicyclic) bond motifs is 1. The van der Waals surface area contributed by atoms with Crippen LogP contribution < -0.4 is 15.6 Å². The molecule has 0 bridgehead atoms. The summed E-state index contributed by atoms with van der Waals surface area (Å²) in [4.78, 5) is 30.3. The topological polar surface area (TPSA) is 73.2 Å². The largest absolute Gasteiger partial charge is 0.491 e. The second-order valence-corrected chi connectivity index (χ2v) is 7.87. The zero-order valence-electron chi connectivity index (χ0n) is 19.0. The van der Waals surface area contributed by atoms with Crippen LogP contribution in [-0.4, -0.2) is 22.1 Å². The molecule has 0 spiro atoms. The third kappa shape index (κ3) is 5.03. The highest BCUT2D eigenvalue weighted by Crippen LogP contribution is 2.35. The average Bonchev–Trinajstić information content (AvgIpc) is 2.83. The summed E-state index contributed by atoms with van der Waals surface area (Å²) < 4.78 is 46.5. The zero-order valence-corrected chi connectivity index (χ0v) is 19.0. The summed E-state index contributed by atoms with van der Waals surface area (Å²) in [5.74, 6) is 0.0137. The lowest BCUT2D eigenvalue weighted by Gasteiger charge is -2.15. The Bertz CT molecular complexity index is 1440. The number of alkyl halides is 3. The minimum Gasteiger partial charge on any atom is -0.491 e. The van der Waals surface area contributed by atoms with Gasteiger partial charge in [0, 0.05) is 5.56 Å². The number of carbonyl (C=O) groups is 1. The highest BCUT2D eigenvalue weighted by molar-refractivity contribution is 6.05. The fourth-order valence-electron chi connectivity index (χ4n) is 3.65. The van der Waals surface area contributed by atoms with Crippen molar-refractivity contribution in [1.29, 1.82) is 0 Å². The standard InChI is InChI=1S/C26H22F3N3O3/c1-3-14-35-23-13-10-18(26(27,28)29)15-22(23)31-24(33)17-8-11-19(12-9-17)32-16(2)30-21-7-5-4-6-20(21)25(32)34/h4-13,15H,3,14H2,1-2H3,(H,31,33). The van der Waals surface area contributed by atoms with Crippen LogP contribution in [0.1, 0.15) is 35.1 Å². The van der Waals surface area contributed by atoms with Crippen LogP contribution in [0, 0.1) is 6.92 Å². The Kier molecular flexibility index (Phi) is 6.59. The van der Waals surface area contributed by atoms with Gasteiger partial charge in [-0.2, -0.15) is 13.2 Å². The molecule has 6 nitrogen and oxygen atoms in total. The molecule has 0 aliphatic carbocycles. The number of nitrogens with zero attached hydrogens (tertiary/aromatic N) is 2. The summed E-state index contributed by atoms with van der Waals surface area (Å²) in [6.45, 7) is 3.86. The van der Waals surface area contributed by atoms with Crippen molar-refractivity contribution in [1.82, 2.24) is 9.55 Å². The van der Waals surface area contributed by atoms with Crippen LogP contribution in [0.4, 0.5) is 18.9 Å². The van der Waals surface area contributed by atoms with E-state index in [9.17, 15) is 22.8 Å². The predicted octanol–water partition coefficient (Wildman–Crippen LogP) is 5.75. The lowest BCUT2D eigenvalue weighted by atomic mass is 10.1. The number of hydrogen-bond donors (Lipinski definition) is 1. The van der Waals surface area contributed by atoms with E-state index in [1.54, 1.807) is 43.3 Å². The lowest BCUT2D eigenvalue weighted by molar-refractivity contribution is -0.137. The quantitative estimate of drug-likeness (QED) is 0.380. The third-order valence-corrected chi connectivity index (χ3v) is 5.35. The van der Waals surface area contributed by atoms with Crippen LogP contribution in [0.15, 0.2) is 71.5 Å². The molecule has 1 amide bonds. The number of para-hydroxylation sites is 1. The number of anilines is 1.